The van der Waals surface area contributed by atoms with Gasteiger partial charge in [0.15, 0.2) is 0 Å². The molecule has 3 nitrogen and oxygen atoms in total. The van der Waals surface area contributed by atoms with Gasteiger partial charge in [-0.15, -0.1) is 0 Å². The molecule has 2 heterocycles. The van der Waals surface area contributed by atoms with Gasteiger partial charge in [-0.05, 0) is 37.5 Å². The van der Waals surface area contributed by atoms with Gasteiger partial charge in [0, 0.05) is 40.8 Å². The molecule has 2 fully saturated rings. The number of nitrogens with one attached hydrogen (secondary N) is 1. The maximum absolute atomic E-state index is 12.7. The molecule has 0 unspecified atom stereocenters. The van der Waals surface area contributed by atoms with Crippen molar-refractivity contribution in [1.82, 2.24) is 10.2 Å². The third kappa shape index (κ3) is 2.24. The van der Waals surface area contributed by atoms with Crippen molar-refractivity contribution in [2.24, 2.45) is 0 Å². The number of hydrogen-bond donors (Lipinski definition) is 1. The molecule has 5 heteroatoms. The van der Waals surface area contributed by atoms with Gasteiger partial charge in [0.1, 0.15) is 0 Å². The van der Waals surface area contributed by atoms with E-state index in [1.807, 2.05) is 11.8 Å². The average molecular weight is 299 g/mol. The number of amides is 1. The predicted octanol–water partition coefficient (Wildman–Crippen LogP) is 2.88. The first kappa shape index (κ1) is 13.2. The second-order valence-corrected chi connectivity index (χ2v) is 6.13. The summed E-state index contributed by atoms with van der Waals surface area (Å²) in [6, 6.07) is 4.08. The Bertz CT molecular complexity index is 493. The molecule has 0 aliphatic carbocycles. The number of carbonyl (C=O) groups excluding carboxylic acids is 1. The van der Waals surface area contributed by atoms with Gasteiger partial charge in [-0.1, -0.05) is 23.2 Å². The molecule has 0 aromatic heterocycles. The van der Waals surface area contributed by atoms with Crippen LogP contribution >= 0.6 is 23.2 Å². The van der Waals surface area contributed by atoms with Gasteiger partial charge in [0.05, 0.1) is 0 Å². The van der Waals surface area contributed by atoms with Crippen LogP contribution in [0.1, 0.15) is 28.8 Å². The van der Waals surface area contributed by atoms with Crippen molar-refractivity contribution in [3.63, 3.8) is 0 Å². The SMILES string of the molecule is Cc1c(Cl)cc(C(=O)N2[C@@H]3CC[C@H]2CNC3)cc1Cl. The Balaban J connectivity index is 1.92. The van der Waals surface area contributed by atoms with Crippen LogP contribution in [-0.4, -0.2) is 36.0 Å². The minimum Gasteiger partial charge on any atom is -0.330 e. The second kappa shape index (κ2) is 4.97. The van der Waals surface area contributed by atoms with Crippen LogP contribution in [0.25, 0.3) is 0 Å². The molecule has 0 radical (unpaired) electrons. The van der Waals surface area contributed by atoms with Gasteiger partial charge >= 0.3 is 0 Å². The van der Waals surface area contributed by atoms with Crippen molar-refractivity contribution in [2.75, 3.05) is 13.1 Å². The van der Waals surface area contributed by atoms with Crippen LogP contribution in [0.4, 0.5) is 0 Å². The molecule has 0 saturated carbocycles. The maximum Gasteiger partial charge on any atom is 0.254 e. The van der Waals surface area contributed by atoms with Gasteiger partial charge in [-0.25, -0.2) is 0 Å². The van der Waals surface area contributed by atoms with E-state index in [1.165, 1.54) is 0 Å². The zero-order valence-corrected chi connectivity index (χ0v) is 12.3. The molecule has 2 bridgehead atoms. The van der Waals surface area contributed by atoms with Gasteiger partial charge in [-0.3, -0.25) is 4.79 Å². The first-order valence-electron chi connectivity index (χ1n) is 6.57. The number of halogens is 2. The molecule has 1 N–H and O–H groups in total. The highest BCUT2D eigenvalue weighted by Gasteiger charge is 2.39. The Kier molecular flexibility index (Phi) is 3.46. The van der Waals surface area contributed by atoms with Crippen molar-refractivity contribution in [3.05, 3.63) is 33.3 Å². The largest absolute Gasteiger partial charge is 0.330 e. The lowest BCUT2D eigenvalue weighted by molar-refractivity contribution is 0.0619. The summed E-state index contributed by atoms with van der Waals surface area (Å²) in [4.78, 5) is 14.7. The lowest BCUT2D eigenvalue weighted by atomic mass is 10.1. The van der Waals surface area contributed by atoms with E-state index in [2.05, 4.69) is 5.32 Å². The van der Waals surface area contributed by atoms with E-state index in [0.717, 1.165) is 31.5 Å². The van der Waals surface area contributed by atoms with E-state index < -0.39 is 0 Å². The Labute approximate surface area is 122 Å². The van der Waals surface area contributed by atoms with Gasteiger partial charge in [0.25, 0.3) is 5.91 Å². The van der Waals surface area contributed by atoms with E-state index in [4.69, 9.17) is 23.2 Å². The molecule has 2 saturated heterocycles. The smallest absolute Gasteiger partial charge is 0.254 e. The normalized spacial score (nSPS) is 25.7. The summed E-state index contributed by atoms with van der Waals surface area (Å²) in [6.07, 6.45) is 2.16. The van der Waals surface area contributed by atoms with E-state index in [1.54, 1.807) is 12.1 Å². The predicted molar refractivity (Wildman–Crippen MR) is 77.0 cm³/mol. The second-order valence-electron chi connectivity index (χ2n) is 5.32. The van der Waals surface area contributed by atoms with Gasteiger partial charge in [-0.2, -0.15) is 0 Å². The molecule has 102 valence electrons. The lowest BCUT2D eigenvalue weighted by Crippen LogP contribution is -2.54. The Morgan fingerprint density at radius 3 is 2.26 bits per heavy atom. The third-order valence-electron chi connectivity index (χ3n) is 4.14. The summed E-state index contributed by atoms with van der Waals surface area (Å²) in [5, 5.41) is 4.48. The quantitative estimate of drug-likeness (QED) is 0.865. The Morgan fingerprint density at radius 1 is 1.21 bits per heavy atom. The minimum absolute atomic E-state index is 0.0535. The van der Waals surface area contributed by atoms with Crippen molar-refractivity contribution in [1.29, 1.82) is 0 Å². The minimum atomic E-state index is 0.0535. The first-order chi connectivity index (χ1) is 9.08. The van der Waals surface area contributed by atoms with Crippen LogP contribution in [0.15, 0.2) is 12.1 Å². The van der Waals surface area contributed by atoms with Crippen molar-refractivity contribution in [3.8, 4) is 0 Å². The standard InChI is InChI=1S/C14H16Cl2N2O/c1-8-12(15)4-9(5-13(8)16)14(19)18-10-2-3-11(18)7-17-6-10/h4-5,10-11,17H,2-3,6-7H2,1H3/t10-,11+. The van der Waals surface area contributed by atoms with Crippen LogP contribution in [-0.2, 0) is 0 Å². The van der Waals surface area contributed by atoms with E-state index >= 15 is 0 Å². The zero-order valence-electron chi connectivity index (χ0n) is 10.7. The topological polar surface area (TPSA) is 32.3 Å². The number of carbonyl (C=O) groups is 1. The Hall–Kier alpha value is -0.770. The zero-order chi connectivity index (χ0) is 13.6. The average Bonchev–Trinajstić information content (AvgIpc) is 2.64. The number of piperazine rings is 1. The van der Waals surface area contributed by atoms with Crippen LogP contribution in [0.2, 0.25) is 10.0 Å². The summed E-state index contributed by atoms with van der Waals surface area (Å²) in [7, 11) is 0. The fourth-order valence-corrected chi connectivity index (χ4v) is 3.52. The summed E-state index contributed by atoms with van der Waals surface area (Å²) in [5.41, 5.74) is 1.42. The number of nitrogens with zero attached hydrogens (tertiary/aromatic N) is 1. The molecular weight excluding hydrogens is 283 g/mol. The Morgan fingerprint density at radius 2 is 1.74 bits per heavy atom. The molecule has 0 spiro atoms. The monoisotopic (exact) mass is 298 g/mol. The molecule has 19 heavy (non-hydrogen) atoms. The fourth-order valence-electron chi connectivity index (χ4n) is 3.03. The summed E-state index contributed by atoms with van der Waals surface area (Å²) in [5.74, 6) is 0.0535. The first-order valence-corrected chi connectivity index (χ1v) is 7.32. The molecular formula is C14H16Cl2N2O. The van der Waals surface area contributed by atoms with Crippen LogP contribution in [0.5, 0.6) is 0 Å². The van der Waals surface area contributed by atoms with Crippen LogP contribution in [0, 0.1) is 6.92 Å². The van der Waals surface area contributed by atoms with Gasteiger partial charge < -0.3 is 10.2 Å². The van der Waals surface area contributed by atoms with Crippen LogP contribution < -0.4 is 5.32 Å². The lowest BCUT2D eigenvalue weighted by Gasteiger charge is -2.35. The number of fused-ring (bicyclic) bond motifs is 2. The highest BCUT2D eigenvalue weighted by molar-refractivity contribution is 6.36. The summed E-state index contributed by atoms with van der Waals surface area (Å²) in [6.45, 7) is 3.62. The van der Waals surface area contributed by atoms with Crippen molar-refractivity contribution in [2.45, 2.75) is 31.8 Å². The highest BCUT2D eigenvalue weighted by atomic mass is 35.5. The fraction of sp³-hybridized carbons (Fsp3) is 0.500. The molecule has 1 aromatic carbocycles. The van der Waals surface area contributed by atoms with E-state index in [0.29, 0.717) is 27.7 Å². The van der Waals surface area contributed by atoms with Crippen molar-refractivity contribution >= 4 is 29.1 Å². The summed E-state index contributed by atoms with van der Waals surface area (Å²) < 4.78 is 0. The number of rotatable bonds is 1. The number of hydrogen-bond acceptors (Lipinski definition) is 2. The molecule has 2 aliphatic rings. The molecule has 2 aliphatic heterocycles. The number of benzene rings is 1. The van der Waals surface area contributed by atoms with Gasteiger partial charge in [0.2, 0.25) is 0 Å². The molecule has 1 aromatic rings. The van der Waals surface area contributed by atoms with E-state index in [9.17, 15) is 4.79 Å². The van der Waals surface area contributed by atoms with Crippen LogP contribution in [0.3, 0.4) is 0 Å². The maximum atomic E-state index is 12.7. The van der Waals surface area contributed by atoms with E-state index in [-0.39, 0.29) is 5.91 Å². The molecule has 2 atom stereocenters. The third-order valence-corrected chi connectivity index (χ3v) is 4.93. The summed E-state index contributed by atoms with van der Waals surface area (Å²) >= 11 is 12.2. The van der Waals surface area contributed by atoms with Crippen molar-refractivity contribution < 1.29 is 4.79 Å². The molecule has 1 amide bonds. The molecule has 3 rings (SSSR count). The highest BCUT2D eigenvalue weighted by Crippen LogP contribution is 2.31.